The lowest BCUT2D eigenvalue weighted by molar-refractivity contribution is -0.140. The van der Waals surface area contributed by atoms with Crippen LogP contribution >= 0.6 is 0 Å². The number of hydrogen-bond donors (Lipinski definition) is 0. The molecule has 0 amide bonds. The summed E-state index contributed by atoms with van der Waals surface area (Å²) in [5.41, 5.74) is 1.88. The first-order valence-electron chi connectivity index (χ1n) is 5.37. The summed E-state index contributed by atoms with van der Waals surface area (Å²) >= 11 is 0. The molecule has 2 rings (SSSR count). The Hall–Kier alpha value is -2.10. The van der Waals surface area contributed by atoms with E-state index in [9.17, 15) is 4.79 Å². The Balaban J connectivity index is 2.15. The van der Waals surface area contributed by atoms with Crippen LogP contribution in [-0.2, 0) is 16.0 Å². The molecule has 0 saturated carbocycles. The summed E-state index contributed by atoms with van der Waals surface area (Å²) in [6, 6.07) is 9.70. The average Bonchev–Trinajstić information content (AvgIpc) is 2.85. The van der Waals surface area contributed by atoms with Gasteiger partial charge in [-0.2, -0.15) is 0 Å². The number of methoxy groups -OCH3 is 1. The molecule has 0 fully saturated rings. The van der Waals surface area contributed by atoms with Crippen LogP contribution in [0.15, 0.2) is 41.1 Å². The van der Waals surface area contributed by atoms with Gasteiger partial charge in [-0.05, 0) is 6.42 Å². The number of nitrogens with zero attached hydrogens (tertiary/aromatic N) is 1. The van der Waals surface area contributed by atoms with Crippen LogP contribution in [0, 0.1) is 0 Å². The fourth-order valence-corrected chi connectivity index (χ4v) is 1.60. The number of hydrogen-bond acceptors (Lipinski definition) is 4. The number of esters is 1. The van der Waals surface area contributed by atoms with Crippen LogP contribution in [0.25, 0.3) is 11.3 Å². The topological polar surface area (TPSA) is 52.3 Å². The van der Waals surface area contributed by atoms with Gasteiger partial charge in [-0.1, -0.05) is 35.5 Å². The van der Waals surface area contributed by atoms with E-state index in [0.717, 1.165) is 16.9 Å². The zero-order valence-corrected chi connectivity index (χ0v) is 9.55. The van der Waals surface area contributed by atoms with Crippen molar-refractivity contribution in [2.75, 3.05) is 7.11 Å². The highest BCUT2D eigenvalue weighted by atomic mass is 16.5. The molecule has 17 heavy (non-hydrogen) atoms. The third-order valence-electron chi connectivity index (χ3n) is 2.51. The van der Waals surface area contributed by atoms with Gasteiger partial charge in [0.15, 0.2) is 5.76 Å². The molecule has 4 nitrogen and oxygen atoms in total. The lowest BCUT2D eigenvalue weighted by Crippen LogP contribution is -2.01. The number of aromatic nitrogens is 1. The first kappa shape index (κ1) is 11.4. The third-order valence-corrected chi connectivity index (χ3v) is 2.51. The van der Waals surface area contributed by atoms with E-state index in [0.29, 0.717) is 12.8 Å². The number of rotatable bonds is 4. The summed E-state index contributed by atoms with van der Waals surface area (Å²) in [6.45, 7) is 0. The molecular formula is C13H13NO3. The van der Waals surface area contributed by atoms with E-state index < -0.39 is 0 Å². The van der Waals surface area contributed by atoms with Crippen molar-refractivity contribution in [1.82, 2.24) is 5.16 Å². The fraction of sp³-hybridized carbons (Fsp3) is 0.231. The van der Waals surface area contributed by atoms with Crippen molar-refractivity contribution in [2.45, 2.75) is 12.8 Å². The van der Waals surface area contributed by atoms with Gasteiger partial charge >= 0.3 is 5.97 Å². The smallest absolute Gasteiger partial charge is 0.305 e. The molecule has 0 radical (unpaired) electrons. The summed E-state index contributed by atoms with van der Waals surface area (Å²) in [7, 11) is 1.38. The van der Waals surface area contributed by atoms with Gasteiger partial charge in [0.25, 0.3) is 0 Å². The van der Waals surface area contributed by atoms with Crippen molar-refractivity contribution < 1.29 is 14.1 Å². The molecule has 0 spiro atoms. The highest BCUT2D eigenvalue weighted by Crippen LogP contribution is 2.24. The molecule has 0 N–H and O–H groups in total. The molecule has 4 heteroatoms. The normalized spacial score (nSPS) is 10.2. The lowest BCUT2D eigenvalue weighted by atomic mass is 10.1. The molecule has 0 unspecified atom stereocenters. The van der Waals surface area contributed by atoms with E-state index in [4.69, 9.17) is 4.52 Å². The third kappa shape index (κ3) is 2.72. The molecule has 2 aromatic rings. The standard InChI is InChI=1S/C13H13NO3/c1-16-12(15)8-7-11-9-14-17-13(11)10-5-3-2-4-6-10/h2-6,9H,7-8H2,1H3. The first-order valence-corrected chi connectivity index (χ1v) is 5.37. The summed E-state index contributed by atoms with van der Waals surface area (Å²) in [5, 5.41) is 3.78. The van der Waals surface area contributed by atoms with E-state index >= 15 is 0 Å². The molecule has 88 valence electrons. The quantitative estimate of drug-likeness (QED) is 0.758. The molecule has 0 saturated heterocycles. The molecule has 0 aliphatic carbocycles. The van der Waals surface area contributed by atoms with Gasteiger partial charge in [-0.3, -0.25) is 4.79 Å². The van der Waals surface area contributed by atoms with Gasteiger partial charge in [0.05, 0.1) is 13.3 Å². The van der Waals surface area contributed by atoms with Crippen molar-refractivity contribution >= 4 is 5.97 Å². The first-order chi connectivity index (χ1) is 8.31. The lowest BCUT2D eigenvalue weighted by Gasteiger charge is -2.00. The van der Waals surface area contributed by atoms with Crippen LogP contribution in [0.3, 0.4) is 0 Å². The van der Waals surface area contributed by atoms with E-state index in [1.165, 1.54) is 7.11 Å². The van der Waals surface area contributed by atoms with Crippen molar-refractivity contribution in [2.24, 2.45) is 0 Å². The summed E-state index contributed by atoms with van der Waals surface area (Å²) in [4.78, 5) is 11.1. The number of aryl methyl sites for hydroxylation is 1. The number of carbonyl (C=O) groups excluding carboxylic acids is 1. The Morgan fingerprint density at radius 2 is 2.12 bits per heavy atom. The fourth-order valence-electron chi connectivity index (χ4n) is 1.60. The number of ether oxygens (including phenoxy) is 1. The Morgan fingerprint density at radius 1 is 1.35 bits per heavy atom. The van der Waals surface area contributed by atoms with Gasteiger partial charge in [0.2, 0.25) is 0 Å². The zero-order valence-electron chi connectivity index (χ0n) is 9.55. The summed E-state index contributed by atoms with van der Waals surface area (Å²) in [6.07, 6.45) is 2.54. The van der Waals surface area contributed by atoms with Crippen LogP contribution < -0.4 is 0 Å². The molecule has 0 aliphatic heterocycles. The summed E-state index contributed by atoms with van der Waals surface area (Å²) < 4.78 is 9.82. The maximum Gasteiger partial charge on any atom is 0.305 e. The van der Waals surface area contributed by atoms with Crippen LogP contribution in [-0.4, -0.2) is 18.2 Å². The van der Waals surface area contributed by atoms with Crippen molar-refractivity contribution in [3.05, 3.63) is 42.1 Å². The highest BCUT2D eigenvalue weighted by molar-refractivity contribution is 5.70. The Kier molecular flexibility index (Phi) is 3.55. The largest absolute Gasteiger partial charge is 0.469 e. The second-order valence-corrected chi connectivity index (χ2v) is 3.62. The predicted octanol–water partition coefficient (Wildman–Crippen LogP) is 2.45. The van der Waals surface area contributed by atoms with E-state index in [2.05, 4.69) is 9.89 Å². The Labute approximate surface area is 99.2 Å². The zero-order chi connectivity index (χ0) is 12.1. The maximum absolute atomic E-state index is 11.1. The van der Waals surface area contributed by atoms with Gasteiger partial charge in [-0.25, -0.2) is 0 Å². The minimum atomic E-state index is -0.231. The molecule has 0 bridgehead atoms. The summed E-state index contributed by atoms with van der Waals surface area (Å²) in [5.74, 6) is 0.486. The Bertz CT molecular complexity index is 490. The van der Waals surface area contributed by atoms with Gasteiger partial charge in [0, 0.05) is 17.5 Å². The minimum absolute atomic E-state index is 0.231. The second kappa shape index (κ2) is 5.30. The van der Waals surface area contributed by atoms with Gasteiger partial charge < -0.3 is 9.26 Å². The van der Waals surface area contributed by atoms with Gasteiger partial charge in [0.1, 0.15) is 0 Å². The Morgan fingerprint density at radius 3 is 2.82 bits per heavy atom. The average molecular weight is 231 g/mol. The number of carbonyl (C=O) groups is 1. The molecule has 1 heterocycles. The predicted molar refractivity (Wildman–Crippen MR) is 62.3 cm³/mol. The number of benzene rings is 1. The monoisotopic (exact) mass is 231 g/mol. The van der Waals surface area contributed by atoms with Gasteiger partial charge in [-0.15, -0.1) is 0 Å². The van der Waals surface area contributed by atoms with Crippen LogP contribution in [0.1, 0.15) is 12.0 Å². The molecule has 1 aromatic heterocycles. The van der Waals surface area contributed by atoms with E-state index in [-0.39, 0.29) is 5.97 Å². The highest BCUT2D eigenvalue weighted by Gasteiger charge is 2.11. The maximum atomic E-state index is 11.1. The molecule has 0 aliphatic rings. The van der Waals surface area contributed by atoms with Crippen LogP contribution in [0.2, 0.25) is 0 Å². The van der Waals surface area contributed by atoms with E-state index in [1.807, 2.05) is 30.3 Å². The molecule has 0 atom stereocenters. The second-order valence-electron chi connectivity index (χ2n) is 3.62. The van der Waals surface area contributed by atoms with Crippen molar-refractivity contribution in [3.63, 3.8) is 0 Å². The molecular weight excluding hydrogens is 218 g/mol. The van der Waals surface area contributed by atoms with Crippen molar-refractivity contribution in [1.29, 1.82) is 0 Å². The molecule has 1 aromatic carbocycles. The van der Waals surface area contributed by atoms with Crippen LogP contribution in [0.4, 0.5) is 0 Å². The SMILES string of the molecule is COC(=O)CCc1cnoc1-c1ccccc1. The van der Waals surface area contributed by atoms with E-state index in [1.54, 1.807) is 6.20 Å². The van der Waals surface area contributed by atoms with Crippen molar-refractivity contribution in [3.8, 4) is 11.3 Å². The van der Waals surface area contributed by atoms with Crippen LogP contribution in [0.5, 0.6) is 0 Å². The minimum Gasteiger partial charge on any atom is -0.469 e.